The lowest BCUT2D eigenvalue weighted by Gasteiger charge is -2.09. The summed E-state index contributed by atoms with van der Waals surface area (Å²) in [6.07, 6.45) is 2.80. The third-order valence-electron chi connectivity index (χ3n) is 3.58. The van der Waals surface area contributed by atoms with Crippen LogP contribution in [0.2, 0.25) is 0 Å². The van der Waals surface area contributed by atoms with Crippen LogP contribution >= 0.6 is 0 Å². The van der Waals surface area contributed by atoms with Crippen molar-refractivity contribution in [3.8, 4) is 11.3 Å². The minimum absolute atomic E-state index is 0.241. The number of nitrogens with one attached hydrogen (secondary N) is 1. The number of nitrogens with two attached hydrogens (primary N) is 1. The van der Waals surface area contributed by atoms with E-state index < -0.39 is 10.0 Å². The molecule has 0 radical (unpaired) electrons. The molecule has 1 aromatic carbocycles. The zero-order valence-corrected chi connectivity index (χ0v) is 14.8. The summed E-state index contributed by atoms with van der Waals surface area (Å²) in [6.45, 7) is 2.06. The first-order valence-electron chi connectivity index (χ1n) is 7.87. The van der Waals surface area contributed by atoms with Crippen LogP contribution in [0, 0.1) is 0 Å². The van der Waals surface area contributed by atoms with Gasteiger partial charge in [0.2, 0.25) is 16.0 Å². The predicted octanol–water partition coefficient (Wildman–Crippen LogP) is 2.60. The predicted molar refractivity (Wildman–Crippen MR) is 99.6 cm³/mol. The van der Waals surface area contributed by atoms with Crippen molar-refractivity contribution in [2.24, 2.45) is 0 Å². The van der Waals surface area contributed by atoms with Gasteiger partial charge in [0, 0.05) is 11.3 Å². The molecule has 0 atom stereocenters. The number of rotatable bonds is 5. The zero-order chi connectivity index (χ0) is 18.0. The van der Waals surface area contributed by atoms with Crippen molar-refractivity contribution >= 4 is 32.7 Å². The average molecular weight is 357 g/mol. The maximum atomic E-state index is 11.4. The molecule has 3 rings (SSSR count). The maximum absolute atomic E-state index is 11.4. The van der Waals surface area contributed by atoms with E-state index in [9.17, 15) is 8.42 Å². The summed E-state index contributed by atoms with van der Waals surface area (Å²) < 4.78 is 25.3. The van der Waals surface area contributed by atoms with E-state index in [2.05, 4.69) is 26.6 Å². The quantitative estimate of drug-likeness (QED) is 0.726. The summed E-state index contributed by atoms with van der Waals surface area (Å²) in [4.78, 5) is 13.2. The fraction of sp³-hybridized carbons (Fsp3) is 0.235. The van der Waals surface area contributed by atoms with Gasteiger partial charge in [-0.2, -0.15) is 0 Å². The molecule has 0 aliphatic heterocycles. The molecule has 3 N–H and O–H groups in total. The first kappa shape index (κ1) is 17.1. The Balaban J connectivity index is 2.09. The maximum Gasteiger partial charge on any atom is 0.229 e. The highest BCUT2D eigenvalue weighted by molar-refractivity contribution is 7.92. The van der Waals surface area contributed by atoms with E-state index in [-0.39, 0.29) is 5.95 Å². The summed E-state index contributed by atoms with van der Waals surface area (Å²) in [6, 6.07) is 10.8. The van der Waals surface area contributed by atoms with Crippen LogP contribution in [-0.2, 0) is 16.4 Å². The first-order valence-corrected chi connectivity index (χ1v) is 9.76. The minimum Gasteiger partial charge on any atom is -0.368 e. The Morgan fingerprint density at radius 3 is 2.64 bits per heavy atom. The Morgan fingerprint density at radius 1 is 1.12 bits per heavy atom. The van der Waals surface area contributed by atoms with Crippen molar-refractivity contribution in [1.29, 1.82) is 0 Å². The van der Waals surface area contributed by atoms with Gasteiger partial charge in [-0.1, -0.05) is 25.5 Å². The normalized spacial score (nSPS) is 11.6. The molecule has 2 heterocycles. The fourth-order valence-corrected chi connectivity index (χ4v) is 3.18. The van der Waals surface area contributed by atoms with Gasteiger partial charge in [-0.3, -0.25) is 4.72 Å². The molecule has 0 saturated heterocycles. The van der Waals surface area contributed by atoms with Gasteiger partial charge in [-0.05, 0) is 30.7 Å². The van der Waals surface area contributed by atoms with Crippen LogP contribution in [0.25, 0.3) is 22.3 Å². The molecule has 0 fully saturated rings. The lowest BCUT2D eigenvalue weighted by Crippen LogP contribution is -2.09. The zero-order valence-electron chi connectivity index (χ0n) is 14.0. The van der Waals surface area contributed by atoms with Crippen molar-refractivity contribution in [2.75, 3.05) is 16.7 Å². The highest BCUT2D eigenvalue weighted by atomic mass is 32.2. The Labute approximate surface area is 146 Å². The van der Waals surface area contributed by atoms with Gasteiger partial charge in [0.15, 0.2) is 0 Å². The summed E-state index contributed by atoms with van der Waals surface area (Å²) in [7, 11) is -3.33. The number of hydrogen-bond donors (Lipinski definition) is 2. The summed E-state index contributed by atoms with van der Waals surface area (Å²) in [5.41, 5.74) is 10.0. The van der Waals surface area contributed by atoms with E-state index in [0.29, 0.717) is 11.2 Å². The number of anilines is 2. The molecule has 0 saturated carbocycles. The topological polar surface area (TPSA) is 111 Å². The van der Waals surface area contributed by atoms with Crippen molar-refractivity contribution in [1.82, 2.24) is 15.0 Å². The number of sulfonamides is 1. The van der Waals surface area contributed by atoms with Crippen LogP contribution in [0.1, 0.15) is 19.0 Å². The van der Waals surface area contributed by atoms with Gasteiger partial charge >= 0.3 is 0 Å². The van der Waals surface area contributed by atoms with Gasteiger partial charge in [0.25, 0.3) is 0 Å². The van der Waals surface area contributed by atoms with E-state index in [1.165, 1.54) is 0 Å². The van der Waals surface area contributed by atoms with Crippen LogP contribution < -0.4 is 10.5 Å². The van der Waals surface area contributed by atoms with Crippen molar-refractivity contribution in [3.63, 3.8) is 0 Å². The number of aromatic nitrogens is 3. The standard InChI is InChI=1S/C17H19N5O2S/c1-3-5-14-16-15(21-17(18)20-14)9-8-13(19-16)11-6-4-7-12(10-11)22-25(2,23)24/h4,6-10,22H,3,5H2,1-2H3,(H2,18,20,21). The van der Waals surface area contributed by atoms with Crippen LogP contribution in [0.15, 0.2) is 36.4 Å². The Kier molecular flexibility index (Phi) is 4.54. The van der Waals surface area contributed by atoms with Crippen molar-refractivity contribution < 1.29 is 8.42 Å². The minimum atomic E-state index is -3.33. The van der Waals surface area contributed by atoms with Gasteiger partial charge in [0.1, 0.15) is 5.52 Å². The van der Waals surface area contributed by atoms with Crippen LogP contribution in [0.4, 0.5) is 11.6 Å². The monoisotopic (exact) mass is 357 g/mol. The molecular weight excluding hydrogens is 338 g/mol. The van der Waals surface area contributed by atoms with Crippen LogP contribution in [0.5, 0.6) is 0 Å². The van der Waals surface area contributed by atoms with Crippen molar-refractivity contribution in [2.45, 2.75) is 19.8 Å². The molecule has 25 heavy (non-hydrogen) atoms. The number of pyridine rings is 1. The molecule has 130 valence electrons. The van der Waals surface area contributed by atoms with E-state index in [0.717, 1.165) is 41.6 Å². The van der Waals surface area contributed by atoms with E-state index >= 15 is 0 Å². The highest BCUT2D eigenvalue weighted by Crippen LogP contribution is 2.25. The summed E-state index contributed by atoms with van der Waals surface area (Å²) in [5.74, 6) is 0.241. The third kappa shape index (κ3) is 4.03. The van der Waals surface area contributed by atoms with Crippen LogP contribution in [-0.4, -0.2) is 29.6 Å². The smallest absolute Gasteiger partial charge is 0.229 e. The largest absolute Gasteiger partial charge is 0.368 e. The number of hydrogen-bond acceptors (Lipinski definition) is 6. The fourth-order valence-electron chi connectivity index (χ4n) is 2.62. The number of nitrogen functional groups attached to an aromatic ring is 1. The molecule has 0 aliphatic rings. The first-order chi connectivity index (χ1) is 11.9. The Hall–Kier alpha value is -2.74. The average Bonchev–Trinajstić information content (AvgIpc) is 2.53. The number of aryl methyl sites for hydroxylation is 1. The van der Waals surface area contributed by atoms with E-state index in [1.807, 2.05) is 18.2 Å². The van der Waals surface area contributed by atoms with Gasteiger partial charge in [0.05, 0.1) is 23.2 Å². The second kappa shape index (κ2) is 6.64. The SMILES string of the molecule is CCCc1nc(N)nc2ccc(-c3cccc(NS(C)(=O)=O)c3)nc12. The lowest BCUT2D eigenvalue weighted by atomic mass is 10.1. The number of fused-ring (bicyclic) bond motifs is 1. The van der Waals surface area contributed by atoms with Gasteiger partial charge in [-0.25, -0.2) is 23.4 Å². The second-order valence-corrected chi connectivity index (χ2v) is 7.55. The molecule has 0 spiro atoms. The summed E-state index contributed by atoms with van der Waals surface area (Å²) in [5, 5.41) is 0. The molecule has 8 heteroatoms. The van der Waals surface area contributed by atoms with Crippen LogP contribution in [0.3, 0.4) is 0 Å². The molecule has 0 amide bonds. The molecule has 3 aromatic rings. The Morgan fingerprint density at radius 2 is 1.92 bits per heavy atom. The molecule has 0 bridgehead atoms. The molecule has 2 aromatic heterocycles. The molecule has 0 aliphatic carbocycles. The number of nitrogens with zero attached hydrogens (tertiary/aromatic N) is 3. The van der Waals surface area contributed by atoms with Gasteiger partial charge in [-0.15, -0.1) is 0 Å². The van der Waals surface area contributed by atoms with Crippen molar-refractivity contribution in [3.05, 3.63) is 42.1 Å². The highest BCUT2D eigenvalue weighted by Gasteiger charge is 2.10. The van der Waals surface area contributed by atoms with E-state index in [1.54, 1.807) is 18.2 Å². The molecular formula is C17H19N5O2S. The number of benzene rings is 1. The third-order valence-corrected chi connectivity index (χ3v) is 4.19. The molecule has 0 unspecified atom stereocenters. The summed E-state index contributed by atoms with van der Waals surface area (Å²) >= 11 is 0. The molecule has 7 nitrogen and oxygen atoms in total. The van der Waals surface area contributed by atoms with E-state index in [4.69, 9.17) is 5.73 Å². The second-order valence-electron chi connectivity index (χ2n) is 5.80. The van der Waals surface area contributed by atoms with Gasteiger partial charge < -0.3 is 5.73 Å². The lowest BCUT2D eigenvalue weighted by molar-refractivity contribution is 0.607. The Bertz CT molecular complexity index is 1030.